The zero-order valence-corrected chi connectivity index (χ0v) is 10.1. The number of hydrogen-bond acceptors (Lipinski definition) is 4. The first kappa shape index (κ1) is 14.0. The van der Waals surface area contributed by atoms with E-state index in [0.717, 1.165) is 0 Å². The average Bonchev–Trinajstić information content (AvgIpc) is 2.33. The van der Waals surface area contributed by atoms with Crippen LogP contribution in [0.1, 0.15) is 10.4 Å². The maximum Gasteiger partial charge on any atom is 0.338 e. The predicted octanol–water partition coefficient (Wildman–Crippen LogP) is 0.0983. The first-order chi connectivity index (χ1) is 8.49. The number of primary amides is 1. The normalized spacial score (nSPS) is 9.61. The van der Waals surface area contributed by atoms with E-state index >= 15 is 0 Å². The Morgan fingerprint density at radius 2 is 2.06 bits per heavy atom. The number of carbonyl (C=O) groups excluding carboxylic acids is 3. The molecule has 0 fully saturated rings. The number of esters is 1. The minimum absolute atomic E-state index is 0.241. The number of amides is 2. The molecular weight excluding hydrogens is 260 g/mol. The molecule has 0 aliphatic rings. The molecule has 96 valence electrons. The van der Waals surface area contributed by atoms with Gasteiger partial charge in [-0.1, -0.05) is 17.7 Å². The van der Waals surface area contributed by atoms with Gasteiger partial charge in [0.2, 0.25) is 5.91 Å². The number of hydrogen-bond donors (Lipinski definition) is 2. The molecule has 0 unspecified atom stereocenters. The van der Waals surface area contributed by atoms with Gasteiger partial charge in [-0.15, -0.1) is 0 Å². The van der Waals surface area contributed by atoms with Crippen molar-refractivity contribution in [2.45, 2.75) is 0 Å². The summed E-state index contributed by atoms with van der Waals surface area (Å²) >= 11 is 5.70. The molecule has 0 heterocycles. The van der Waals surface area contributed by atoms with Crippen molar-refractivity contribution in [2.24, 2.45) is 5.73 Å². The Hall–Kier alpha value is -2.08. The molecule has 0 radical (unpaired) electrons. The Morgan fingerprint density at radius 3 is 2.67 bits per heavy atom. The molecule has 18 heavy (non-hydrogen) atoms. The van der Waals surface area contributed by atoms with Crippen LogP contribution in [-0.4, -0.2) is 30.9 Å². The maximum atomic E-state index is 11.5. The molecule has 0 saturated heterocycles. The Labute approximate surface area is 108 Å². The molecule has 0 saturated carbocycles. The smallest absolute Gasteiger partial charge is 0.338 e. The van der Waals surface area contributed by atoms with Crippen LogP contribution in [0.5, 0.6) is 0 Å². The molecule has 0 aromatic heterocycles. The Morgan fingerprint density at radius 1 is 1.33 bits per heavy atom. The summed E-state index contributed by atoms with van der Waals surface area (Å²) in [6, 6.07) is 6.13. The van der Waals surface area contributed by atoms with E-state index in [1.54, 1.807) is 12.1 Å². The van der Waals surface area contributed by atoms with E-state index in [1.165, 1.54) is 12.1 Å². The van der Waals surface area contributed by atoms with Gasteiger partial charge in [0, 0.05) is 5.02 Å². The first-order valence-electron chi connectivity index (χ1n) is 4.96. The summed E-state index contributed by atoms with van der Waals surface area (Å²) in [6.45, 7) is -0.786. The molecule has 0 aliphatic carbocycles. The number of halogens is 1. The number of nitrogens with one attached hydrogen (secondary N) is 1. The summed E-state index contributed by atoms with van der Waals surface area (Å²) in [5.74, 6) is -1.96. The molecule has 1 rings (SSSR count). The largest absolute Gasteiger partial charge is 0.452 e. The lowest BCUT2D eigenvalue weighted by molar-refractivity contribution is -0.127. The monoisotopic (exact) mass is 270 g/mol. The molecule has 1 aromatic rings. The lowest BCUT2D eigenvalue weighted by atomic mass is 10.2. The highest BCUT2D eigenvalue weighted by molar-refractivity contribution is 6.30. The van der Waals surface area contributed by atoms with E-state index in [9.17, 15) is 14.4 Å². The van der Waals surface area contributed by atoms with Crippen LogP contribution in [0.4, 0.5) is 0 Å². The summed E-state index contributed by atoms with van der Waals surface area (Å²) in [5.41, 5.74) is 5.07. The SMILES string of the molecule is NC(=O)CNC(=O)COC(=O)c1cccc(Cl)c1. The first-order valence-corrected chi connectivity index (χ1v) is 5.34. The van der Waals surface area contributed by atoms with E-state index in [-0.39, 0.29) is 12.1 Å². The van der Waals surface area contributed by atoms with Gasteiger partial charge in [-0.05, 0) is 18.2 Å². The van der Waals surface area contributed by atoms with E-state index in [4.69, 9.17) is 22.1 Å². The van der Waals surface area contributed by atoms with Crippen molar-refractivity contribution >= 4 is 29.4 Å². The van der Waals surface area contributed by atoms with Gasteiger partial charge in [0.25, 0.3) is 5.91 Å². The number of rotatable bonds is 5. The van der Waals surface area contributed by atoms with Crippen LogP contribution in [0.15, 0.2) is 24.3 Å². The minimum atomic E-state index is -0.676. The summed E-state index contributed by atoms with van der Waals surface area (Å²) in [6.07, 6.45) is 0. The second-order valence-corrected chi connectivity index (χ2v) is 3.77. The van der Waals surface area contributed by atoms with Gasteiger partial charge in [0.1, 0.15) is 0 Å². The fourth-order valence-electron chi connectivity index (χ4n) is 1.07. The van der Waals surface area contributed by atoms with Crippen molar-refractivity contribution < 1.29 is 19.1 Å². The van der Waals surface area contributed by atoms with Crippen molar-refractivity contribution in [1.29, 1.82) is 0 Å². The third-order valence-electron chi connectivity index (χ3n) is 1.85. The van der Waals surface area contributed by atoms with Gasteiger partial charge in [0.15, 0.2) is 6.61 Å². The average molecular weight is 271 g/mol. The summed E-state index contributed by atoms with van der Waals surface area (Å²) in [7, 11) is 0. The summed E-state index contributed by atoms with van der Waals surface area (Å²) < 4.78 is 4.72. The molecule has 0 bridgehead atoms. The zero-order valence-electron chi connectivity index (χ0n) is 9.31. The van der Waals surface area contributed by atoms with Crippen molar-refractivity contribution in [3.63, 3.8) is 0 Å². The summed E-state index contributed by atoms with van der Waals surface area (Å²) in [5, 5.41) is 2.57. The van der Waals surface area contributed by atoms with Crippen molar-refractivity contribution in [3.05, 3.63) is 34.9 Å². The van der Waals surface area contributed by atoms with Crippen LogP contribution in [0.2, 0.25) is 5.02 Å². The van der Waals surface area contributed by atoms with Crippen molar-refractivity contribution in [3.8, 4) is 0 Å². The molecule has 2 amide bonds. The fourth-order valence-corrected chi connectivity index (χ4v) is 1.26. The summed E-state index contributed by atoms with van der Waals surface area (Å²) in [4.78, 5) is 33.0. The van der Waals surface area contributed by atoms with E-state index in [2.05, 4.69) is 5.32 Å². The molecule has 0 atom stereocenters. The van der Waals surface area contributed by atoms with Gasteiger partial charge >= 0.3 is 5.97 Å². The lowest BCUT2D eigenvalue weighted by Crippen LogP contribution is -2.35. The van der Waals surface area contributed by atoms with Crippen LogP contribution in [0.25, 0.3) is 0 Å². The maximum absolute atomic E-state index is 11.5. The van der Waals surface area contributed by atoms with Crippen LogP contribution in [0.3, 0.4) is 0 Å². The van der Waals surface area contributed by atoms with Gasteiger partial charge < -0.3 is 15.8 Å². The molecule has 0 spiro atoms. The van der Waals surface area contributed by atoms with Crippen LogP contribution in [0, 0.1) is 0 Å². The zero-order chi connectivity index (χ0) is 13.5. The molecule has 7 heteroatoms. The second kappa shape index (κ2) is 6.61. The van der Waals surface area contributed by atoms with Crippen LogP contribution >= 0.6 is 11.6 Å². The Kier molecular flexibility index (Phi) is 5.13. The predicted molar refractivity (Wildman–Crippen MR) is 63.9 cm³/mol. The van der Waals surface area contributed by atoms with Crippen LogP contribution in [-0.2, 0) is 14.3 Å². The highest BCUT2D eigenvalue weighted by Gasteiger charge is 2.10. The third kappa shape index (κ3) is 4.84. The topological polar surface area (TPSA) is 98.5 Å². The van der Waals surface area contributed by atoms with E-state index in [1.807, 2.05) is 0 Å². The number of nitrogens with two attached hydrogens (primary N) is 1. The molecule has 3 N–H and O–H groups in total. The van der Waals surface area contributed by atoms with Gasteiger partial charge in [-0.3, -0.25) is 9.59 Å². The third-order valence-corrected chi connectivity index (χ3v) is 2.09. The highest BCUT2D eigenvalue weighted by Crippen LogP contribution is 2.11. The fraction of sp³-hybridized carbons (Fsp3) is 0.182. The van der Waals surface area contributed by atoms with Gasteiger partial charge in [-0.2, -0.15) is 0 Å². The molecular formula is C11H11ClN2O4. The van der Waals surface area contributed by atoms with Crippen molar-refractivity contribution in [2.75, 3.05) is 13.2 Å². The number of benzene rings is 1. The minimum Gasteiger partial charge on any atom is -0.452 e. The van der Waals surface area contributed by atoms with E-state index in [0.29, 0.717) is 5.02 Å². The molecule has 1 aromatic carbocycles. The Bertz CT molecular complexity index is 476. The lowest BCUT2D eigenvalue weighted by Gasteiger charge is -2.05. The van der Waals surface area contributed by atoms with Gasteiger partial charge in [-0.25, -0.2) is 4.79 Å². The number of ether oxygens (including phenoxy) is 1. The van der Waals surface area contributed by atoms with Gasteiger partial charge in [0.05, 0.1) is 12.1 Å². The Balaban J connectivity index is 2.42. The van der Waals surface area contributed by atoms with E-state index < -0.39 is 24.4 Å². The molecule has 6 nitrogen and oxygen atoms in total. The second-order valence-electron chi connectivity index (χ2n) is 3.33. The quantitative estimate of drug-likeness (QED) is 0.741. The molecule has 0 aliphatic heterocycles. The number of carbonyl (C=O) groups is 3. The highest BCUT2D eigenvalue weighted by atomic mass is 35.5. The van der Waals surface area contributed by atoms with Crippen molar-refractivity contribution in [1.82, 2.24) is 5.32 Å². The van der Waals surface area contributed by atoms with Crippen LogP contribution < -0.4 is 11.1 Å². The standard InChI is InChI=1S/C11H11ClN2O4/c12-8-3-1-2-7(4-8)11(17)18-6-10(16)14-5-9(13)15/h1-4H,5-6H2,(H2,13,15)(H,14,16).